The van der Waals surface area contributed by atoms with Crippen molar-refractivity contribution in [1.82, 2.24) is 4.57 Å². The molecule has 3 aromatic carbocycles. The van der Waals surface area contributed by atoms with E-state index < -0.39 is 34.0 Å². The van der Waals surface area contributed by atoms with Gasteiger partial charge in [-0.2, -0.15) is 0 Å². The fourth-order valence-electron chi connectivity index (χ4n) is 3.86. The Labute approximate surface area is 178 Å². The first-order chi connectivity index (χ1) is 14.9. The van der Waals surface area contributed by atoms with E-state index in [2.05, 4.69) is 0 Å². The van der Waals surface area contributed by atoms with Crippen LogP contribution in [0, 0.1) is 11.6 Å². The lowest BCUT2D eigenvalue weighted by molar-refractivity contribution is 0.0689. The summed E-state index contributed by atoms with van der Waals surface area (Å²) < 4.78 is 32.3. The molecular weight excluding hydrogens is 422 g/mol. The smallest absolute Gasteiger partial charge is 0.342 e. The van der Waals surface area contributed by atoms with Gasteiger partial charge in [-0.05, 0) is 29.3 Å². The average Bonchev–Trinajstić information content (AvgIpc) is 2.73. The minimum atomic E-state index is -1.43. The number of hydrogen-bond donors (Lipinski definition) is 2. The van der Waals surface area contributed by atoms with E-state index in [-0.39, 0.29) is 27.1 Å². The molecule has 0 amide bonds. The molecule has 0 radical (unpaired) electrons. The zero-order chi connectivity index (χ0) is 21.9. The minimum Gasteiger partial charge on any atom is -0.477 e. The quantitative estimate of drug-likeness (QED) is 0.447. The van der Waals surface area contributed by atoms with Crippen LogP contribution in [0.25, 0.3) is 22.0 Å². The largest absolute Gasteiger partial charge is 0.477 e. The van der Waals surface area contributed by atoms with Crippen molar-refractivity contribution >= 4 is 34.3 Å². The molecule has 2 heterocycles. The number of aromatic carboxylic acids is 1. The Bertz CT molecular complexity index is 1430. The van der Waals surface area contributed by atoms with Crippen molar-refractivity contribution in [2.24, 2.45) is 0 Å². The third kappa shape index (κ3) is 2.83. The SMILES string of the molecule is Nc1ccc(-c2c(F)cc3c(=O)c(C(=O)O)c4n(c3c2F)C(c2ccccc2)S4)cc1. The molecular formula is C23H14F2N2O3S. The second-order valence-electron chi connectivity index (χ2n) is 7.13. The number of hydrogen-bond acceptors (Lipinski definition) is 4. The zero-order valence-corrected chi connectivity index (χ0v) is 16.6. The molecule has 1 aliphatic rings. The van der Waals surface area contributed by atoms with Gasteiger partial charge in [0, 0.05) is 5.69 Å². The van der Waals surface area contributed by atoms with E-state index in [9.17, 15) is 19.1 Å². The third-order valence-electron chi connectivity index (χ3n) is 5.29. The minimum absolute atomic E-state index is 0.120. The number of nitrogen functional groups attached to an aromatic ring is 1. The fourth-order valence-corrected chi connectivity index (χ4v) is 5.13. The molecule has 0 bridgehead atoms. The molecule has 1 unspecified atom stereocenters. The highest BCUT2D eigenvalue weighted by atomic mass is 32.2. The maximum absolute atomic E-state index is 15.8. The normalized spacial score (nSPS) is 14.8. The predicted molar refractivity (Wildman–Crippen MR) is 115 cm³/mol. The van der Waals surface area contributed by atoms with Crippen LogP contribution in [-0.4, -0.2) is 15.6 Å². The van der Waals surface area contributed by atoms with Crippen LogP contribution in [0.15, 0.2) is 70.5 Å². The van der Waals surface area contributed by atoms with Gasteiger partial charge in [-0.15, -0.1) is 0 Å². The second-order valence-corrected chi connectivity index (χ2v) is 8.20. The summed E-state index contributed by atoms with van der Waals surface area (Å²) in [7, 11) is 0. The van der Waals surface area contributed by atoms with E-state index in [4.69, 9.17) is 5.73 Å². The van der Waals surface area contributed by atoms with Crippen LogP contribution >= 0.6 is 11.8 Å². The monoisotopic (exact) mass is 436 g/mol. The first-order valence-corrected chi connectivity index (χ1v) is 10.2. The van der Waals surface area contributed by atoms with Gasteiger partial charge in [0.2, 0.25) is 5.43 Å². The number of thioether (sulfide) groups is 1. The Morgan fingerprint density at radius 2 is 1.74 bits per heavy atom. The van der Waals surface area contributed by atoms with Crippen LogP contribution in [0.2, 0.25) is 0 Å². The number of anilines is 1. The predicted octanol–water partition coefficient (Wildman–Crippen LogP) is 4.88. The number of carbonyl (C=O) groups is 1. The lowest BCUT2D eigenvalue weighted by Gasteiger charge is -2.35. The molecule has 5 rings (SSSR count). The first kappa shape index (κ1) is 19.3. The highest BCUT2D eigenvalue weighted by Crippen LogP contribution is 2.51. The Balaban J connectivity index is 1.88. The summed E-state index contributed by atoms with van der Waals surface area (Å²) in [5, 5.41) is 8.98. The molecule has 1 atom stereocenters. The first-order valence-electron chi connectivity index (χ1n) is 9.29. The number of halogens is 2. The third-order valence-corrected chi connectivity index (χ3v) is 6.62. The van der Waals surface area contributed by atoms with Crippen molar-refractivity contribution in [3.05, 3.63) is 93.6 Å². The van der Waals surface area contributed by atoms with Gasteiger partial charge in [-0.25, -0.2) is 13.6 Å². The van der Waals surface area contributed by atoms with Gasteiger partial charge >= 0.3 is 5.97 Å². The number of rotatable bonds is 3. The summed E-state index contributed by atoms with van der Waals surface area (Å²) in [5.41, 5.74) is 5.38. The Morgan fingerprint density at radius 1 is 1.06 bits per heavy atom. The molecule has 0 spiro atoms. The van der Waals surface area contributed by atoms with Crippen molar-refractivity contribution in [1.29, 1.82) is 0 Å². The summed E-state index contributed by atoms with van der Waals surface area (Å²) in [5.74, 6) is -3.30. The summed E-state index contributed by atoms with van der Waals surface area (Å²) in [6, 6.07) is 16.1. The number of carboxylic acid groups (broad SMARTS) is 1. The van der Waals surface area contributed by atoms with Crippen molar-refractivity contribution < 1.29 is 18.7 Å². The van der Waals surface area contributed by atoms with Gasteiger partial charge in [-0.1, -0.05) is 54.2 Å². The molecule has 31 heavy (non-hydrogen) atoms. The molecule has 0 fully saturated rings. The molecule has 154 valence electrons. The molecule has 0 saturated carbocycles. The van der Waals surface area contributed by atoms with Crippen molar-refractivity contribution in [2.45, 2.75) is 10.4 Å². The molecule has 5 nitrogen and oxygen atoms in total. The van der Waals surface area contributed by atoms with Crippen molar-refractivity contribution in [3.63, 3.8) is 0 Å². The van der Waals surface area contributed by atoms with E-state index in [1.165, 1.54) is 28.8 Å². The summed E-state index contributed by atoms with van der Waals surface area (Å²) in [6.45, 7) is 0. The average molecular weight is 436 g/mol. The van der Waals surface area contributed by atoms with Crippen LogP contribution in [0.5, 0.6) is 0 Å². The molecule has 4 aromatic rings. The van der Waals surface area contributed by atoms with Crippen LogP contribution in [0.3, 0.4) is 0 Å². The van der Waals surface area contributed by atoms with Crippen LogP contribution in [0.1, 0.15) is 21.3 Å². The maximum Gasteiger partial charge on any atom is 0.342 e. The summed E-state index contributed by atoms with van der Waals surface area (Å²) >= 11 is 1.16. The Kier molecular flexibility index (Phi) is 4.33. The lowest BCUT2D eigenvalue weighted by Crippen LogP contribution is -2.30. The van der Waals surface area contributed by atoms with Gasteiger partial charge in [0.05, 0.1) is 21.5 Å². The number of nitrogens with two attached hydrogens (primary N) is 1. The number of benzene rings is 3. The van der Waals surface area contributed by atoms with Crippen LogP contribution < -0.4 is 11.2 Å². The van der Waals surface area contributed by atoms with Gasteiger partial charge in [-0.3, -0.25) is 4.79 Å². The number of carboxylic acids is 1. The van der Waals surface area contributed by atoms with E-state index in [0.717, 1.165) is 23.4 Å². The van der Waals surface area contributed by atoms with E-state index >= 15 is 4.39 Å². The van der Waals surface area contributed by atoms with Gasteiger partial charge in [0.15, 0.2) is 5.82 Å². The highest BCUT2D eigenvalue weighted by molar-refractivity contribution is 8.00. The van der Waals surface area contributed by atoms with E-state index in [0.29, 0.717) is 5.69 Å². The zero-order valence-electron chi connectivity index (χ0n) is 15.8. The van der Waals surface area contributed by atoms with E-state index in [1.54, 1.807) is 0 Å². The van der Waals surface area contributed by atoms with Crippen LogP contribution in [-0.2, 0) is 0 Å². The van der Waals surface area contributed by atoms with Crippen LogP contribution in [0.4, 0.5) is 14.5 Å². The van der Waals surface area contributed by atoms with E-state index in [1.807, 2.05) is 30.3 Å². The molecule has 1 aliphatic heterocycles. The van der Waals surface area contributed by atoms with Gasteiger partial charge in [0.1, 0.15) is 16.8 Å². The Morgan fingerprint density at radius 3 is 2.39 bits per heavy atom. The summed E-state index contributed by atoms with van der Waals surface area (Å²) in [6.07, 6.45) is 0. The van der Waals surface area contributed by atoms with Gasteiger partial charge in [0.25, 0.3) is 0 Å². The topological polar surface area (TPSA) is 85.3 Å². The number of nitrogens with zero attached hydrogens (tertiary/aromatic N) is 1. The fraction of sp³-hybridized carbons (Fsp3) is 0.0435. The maximum atomic E-state index is 15.8. The molecule has 0 aliphatic carbocycles. The van der Waals surface area contributed by atoms with Crippen molar-refractivity contribution in [2.75, 3.05) is 5.73 Å². The second kappa shape index (κ2) is 6.95. The standard InChI is InChI=1S/C23H14F2N2O3S/c24-15-10-14-19(18(25)16(15)11-6-8-13(26)9-7-11)27-21(12-4-2-1-3-5-12)31-22(27)17(20(14)28)23(29)30/h1-10,21H,26H2,(H,29,30). The number of fused-ring (bicyclic) bond motifs is 3. The Hall–Kier alpha value is -3.65. The number of aromatic nitrogens is 1. The van der Waals surface area contributed by atoms with Crippen molar-refractivity contribution in [3.8, 4) is 11.1 Å². The molecule has 3 N–H and O–H groups in total. The molecule has 8 heteroatoms. The summed E-state index contributed by atoms with van der Waals surface area (Å²) in [4.78, 5) is 24.6. The molecule has 1 aromatic heterocycles. The number of pyridine rings is 1. The highest BCUT2D eigenvalue weighted by Gasteiger charge is 2.38. The lowest BCUT2D eigenvalue weighted by atomic mass is 10.00. The molecule has 0 saturated heterocycles. The van der Waals surface area contributed by atoms with Gasteiger partial charge < -0.3 is 15.4 Å².